The van der Waals surface area contributed by atoms with Gasteiger partial charge in [-0.15, -0.1) is 19.4 Å². The quantitative estimate of drug-likeness (QED) is 0.0406. The molecule has 0 spiro atoms. The molecule has 2 heterocycles. The molecule has 0 saturated heterocycles. The standard InChI is InChI=1S/2C27H37N2.C6F5.C2H3F3.CF3.2CH3.2Au/c2*1-18(2)22-11-9-12-23(19(3)4)26(22)28-15-16-29(17-28)27-24(20(5)6)13-10-14-25(27)21(7)8;7-2-1-3(8)5(10)6(11)4(2)9;1-2(3,4)5;2-1(3)4;;;;/h2*9-21H,1-8H3;;1H3;;2*1H3;;/q3*-1;;3*-1;;. The van der Waals surface area contributed by atoms with Gasteiger partial charge in [0.05, 0.1) is 29.1 Å². The second-order valence-corrected chi connectivity index (χ2v) is 21.5. The molecule has 4 nitrogen and oxygen atoms in total. The monoisotopic (exact) mass is 1520 g/mol. The van der Waals surface area contributed by atoms with E-state index in [4.69, 9.17) is 0 Å². The number of benzene rings is 5. The Labute approximate surface area is 515 Å². The van der Waals surface area contributed by atoms with Crippen LogP contribution in [0.3, 0.4) is 0 Å². The fourth-order valence-electron chi connectivity index (χ4n) is 8.97. The molecule has 2 aliphatic rings. The van der Waals surface area contributed by atoms with Crippen LogP contribution >= 0.6 is 0 Å². The van der Waals surface area contributed by atoms with E-state index in [9.17, 15) is 48.3 Å². The van der Waals surface area contributed by atoms with Gasteiger partial charge in [0.25, 0.3) is 0 Å². The van der Waals surface area contributed by atoms with Gasteiger partial charge >= 0.3 is 6.18 Å². The molecular weight excluding hydrogens is 1440 g/mol. The predicted octanol–water partition coefficient (Wildman–Crippen LogP) is 22.2. The number of para-hydroxylation sites is 4. The Morgan fingerprint density at radius 3 is 0.646 bits per heavy atom. The molecule has 2 radical (unpaired) electrons. The van der Waals surface area contributed by atoms with E-state index in [0.717, 1.165) is 6.07 Å². The van der Waals surface area contributed by atoms with Crippen molar-refractivity contribution in [2.75, 3.05) is 19.6 Å². The molecule has 0 aliphatic carbocycles. The van der Waals surface area contributed by atoms with Gasteiger partial charge in [-0.25, -0.2) is 13.2 Å². The topological polar surface area (TPSA) is 13.0 Å². The largest absolute Gasteiger partial charge is 0.479 e. The zero-order valence-electron chi connectivity index (χ0n) is 50.6. The van der Waals surface area contributed by atoms with Crippen LogP contribution in [0.5, 0.6) is 0 Å². The summed E-state index contributed by atoms with van der Waals surface area (Å²) >= 11 is 0. The maximum Gasteiger partial charge on any atom is 0.386 e. The van der Waals surface area contributed by atoms with Crippen molar-refractivity contribution in [3.63, 3.8) is 0 Å². The van der Waals surface area contributed by atoms with Gasteiger partial charge in [-0.05, 0) is 117 Å². The second kappa shape index (κ2) is 35.7. The number of rotatable bonds is 12. The van der Waals surface area contributed by atoms with E-state index in [1.165, 1.54) is 67.3 Å². The molecule has 5 aromatic carbocycles. The molecule has 0 bridgehead atoms. The van der Waals surface area contributed by atoms with Gasteiger partial charge in [-0.2, -0.15) is 13.2 Å². The van der Waals surface area contributed by atoms with Crippen LogP contribution < -0.4 is 19.6 Å². The summed E-state index contributed by atoms with van der Waals surface area (Å²) in [4.78, 5) is 9.30. The Bertz CT molecular complexity index is 2340. The van der Waals surface area contributed by atoms with Crippen molar-refractivity contribution in [1.82, 2.24) is 0 Å². The van der Waals surface area contributed by atoms with E-state index in [0.29, 0.717) is 47.3 Å². The van der Waals surface area contributed by atoms with Crippen LogP contribution in [0.2, 0.25) is 0 Å². The van der Waals surface area contributed by atoms with Crippen LogP contribution in [-0.2, 0) is 44.8 Å². The van der Waals surface area contributed by atoms with Crippen molar-refractivity contribution in [2.24, 2.45) is 0 Å². The van der Waals surface area contributed by atoms with Gasteiger partial charge in [-0.3, -0.25) is 8.78 Å². The first kappa shape index (κ1) is 79.6. The molecule has 82 heavy (non-hydrogen) atoms. The fraction of sp³-hybridized carbons (Fsp3) is 0.400. The van der Waals surface area contributed by atoms with Crippen LogP contribution in [0, 0.1) is 70.0 Å². The van der Waals surface area contributed by atoms with Gasteiger partial charge in [0.15, 0.2) is 6.68 Å². The van der Waals surface area contributed by atoms with Crippen LogP contribution in [0.4, 0.5) is 71.0 Å². The molecule has 0 fully saturated rings. The molecule has 0 unspecified atom stereocenters. The Morgan fingerprint density at radius 1 is 0.366 bits per heavy atom. The first-order chi connectivity index (χ1) is 36.2. The second-order valence-electron chi connectivity index (χ2n) is 21.5. The molecule has 7 rings (SSSR count). The third-order valence-electron chi connectivity index (χ3n) is 12.7. The van der Waals surface area contributed by atoms with Gasteiger partial charge in [-0.1, -0.05) is 184 Å². The van der Waals surface area contributed by atoms with Crippen molar-refractivity contribution in [3.05, 3.63) is 212 Å². The van der Waals surface area contributed by atoms with Crippen LogP contribution in [0.15, 0.2) is 97.6 Å². The first-order valence-electron chi connectivity index (χ1n) is 26.2. The van der Waals surface area contributed by atoms with Crippen molar-refractivity contribution in [1.29, 1.82) is 0 Å². The fourth-order valence-corrected chi connectivity index (χ4v) is 8.97. The maximum absolute atomic E-state index is 12.0. The Morgan fingerprint density at radius 2 is 0.512 bits per heavy atom. The summed E-state index contributed by atoms with van der Waals surface area (Å²) in [5.74, 6) is -6.20. The number of hydrogen-bond acceptors (Lipinski definition) is 4. The Hall–Kier alpha value is -4.51. The predicted molar refractivity (Wildman–Crippen MR) is 311 cm³/mol. The van der Waals surface area contributed by atoms with Crippen molar-refractivity contribution >= 4 is 22.7 Å². The number of halogens is 11. The van der Waals surface area contributed by atoms with Crippen LogP contribution in [0.1, 0.15) is 210 Å². The van der Waals surface area contributed by atoms with E-state index in [2.05, 4.69) is 241 Å². The van der Waals surface area contributed by atoms with Crippen molar-refractivity contribution < 1.29 is 93.1 Å². The van der Waals surface area contributed by atoms with Gasteiger partial charge < -0.3 is 47.6 Å². The molecule has 0 saturated carbocycles. The third-order valence-corrected chi connectivity index (χ3v) is 12.7. The number of hydrogen-bond donors (Lipinski definition) is 0. The van der Waals surface area contributed by atoms with Crippen molar-refractivity contribution in [3.8, 4) is 0 Å². The molecular formula is C65H83Au2F11N4-6. The summed E-state index contributed by atoms with van der Waals surface area (Å²) in [6.45, 7) is 38.2. The van der Waals surface area contributed by atoms with Crippen LogP contribution in [-0.4, -0.2) is 6.18 Å². The van der Waals surface area contributed by atoms with Crippen LogP contribution in [0.25, 0.3) is 0 Å². The third kappa shape index (κ3) is 22.2. The number of alkyl halides is 3. The smallest absolute Gasteiger partial charge is 0.386 e. The molecule has 0 aromatic heterocycles. The van der Waals surface area contributed by atoms with E-state index in [1.54, 1.807) is 0 Å². The average molecular weight is 1520 g/mol. The minimum absolute atomic E-state index is 0. The Kier molecular flexibility index (Phi) is 34.6. The number of anilines is 4. The molecule has 17 heteroatoms. The summed E-state index contributed by atoms with van der Waals surface area (Å²) in [6.07, 6.45) is 4.87. The summed E-state index contributed by atoms with van der Waals surface area (Å²) in [7, 11) is 0. The van der Waals surface area contributed by atoms with E-state index >= 15 is 0 Å². The molecule has 0 atom stereocenters. The average Bonchev–Trinajstić information content (AvgIpc) is 4.05. The summed E-state index contributed by atoms with van der Waals surface area (Å²) in [5.41, 5.74) is 16.6. The molecule has 2 aliphatic heterocycles. The zero-order chi connectivity index (χ0) is 59.3. The minimum Gasteiger partial charge on any atom is -0.479 e. The normalized spacial score (nSPS) is 12.7. The summed E-state index contributed by atoms with van der Waals surface area (Å²) in [6, 6.07) is 28.0. The Balaban J connectivity index is 0. The molecule has 0 amide bonds. The van der Waals surface area contributed by atoms with Crippen molar-refractivity contribution in [2.45, 2.75) is 171 Å². The molecule has 0 N–H and O–H groups in total. The minimum atomic E-state index is -4.00. The zero-order valence-corrected chi connectivity index (χ0v) is 54.9. The van der Waals surface area contributed by atoms with Gasteiger partial charge in [0.2, 0.25) is 0 Å². The first-order valence-corrected chi connectivity index (χ1v) is 26.2. The van der Waals surface area contributed by atoms with Gasteiger partial charge in [0.1, 0.15) is 0 Å². The summed E-state index contributed by atoms with van der Waals surface area (Å²) < 4.78 is 120. The van der Waals surface area contributed by atoms with E-state index in [-0.39, 0.29) is 66.5 Å². The SMILES string of the molecule is CC(C)c1cccc(C(C)C)c1N1C=CN(c2c(C(C)C)cccc2C(C)C)[CH-]1.CC(C)c1cccc(C(C)C)c1N1C=CN(c2c(C(C)C)cccc2C(C)C)[CH-]1.CC(F)(F)F.F[C-](F)F.Fc1[c-]c(F)c(F)c(F)c1F.[Au].[Au].[CH3-].[CH3-]. The van der Waals surface area contributed by atoms with E-state index in [1.807, 2.05) is 0 Å². The molecule has 468 valence electrons. The number of nitrogens with zero attached hydrogens (tertiary/aromatic N) is 4. The summed E-state index contributed by atoms with van der Waals surface area (Å²) in [5, 5.41) is 0. The van der Waals surface area contributed by atoms with Gasteiger partial charge in [0, 0.05) is 74.4 Å². The van der Waals surface area contributed by atoms with E-state index < -0.39 is 41.9 Å². The molecule has 5 aromatic rings. The maximum atomic E-state index is 12.0.